The molecule has 2 heterocycles. The van der Waals surface area contributed by atoms with Crippen LogP contribution in [0.4, 0.5) is 0 Å². The average molecular weight is 259 g/mol. The van der Waals surface area contributed by atoms with Gasteiger partial charge in [0.05, 0.1) is 0 Å². The molecule has 1 saturated carbocycles. The van der Waals surface area contributed by atoms with Gasteiger partial charge in [-0.1, -0.05) is 0 Å². The number of hydrogen-bond donors (Lipinski definition) is 2. The van der Waals surface area contributed by atoms with E-state index in [9.17, 15) is 0 Å². The number of ether oxygens (including phenoxy) is 1. The first-order valence-corrected chi connectivity index (χ1v) is 6.46. The van der Waals surface area contributed by atoms with Crippen LogP contribution in [0.15, 0.2) is 12.3 Å². The maximum Gasteiger partial charge on any atom is 0.323 e. The van der Waals surface area contributed by atoms with Crippen molar-refractivity contribution >= 4 is 0 Å². The standard InChI is InChI=1S/C13H17N5O/c1-8-5-12(18-17-8)19-13-15-7-10(9(2)16-13)6-14-11-3-4-11/h5,7,11,14H,3-4,6H2,1-2H3,(H,17,18). The molecule has 2 aromatic heterocycles. The van der Waals surface area contributed by atoms with Gasteiger partial charge >= 0.3 is 6.01 Å². The second kappa shape index (κ2) is 4.97. The first-order chi connectivity index (χ1) is 9.20. The van der Waals surface area contributed by atoms with E-state index in [0.29, 0.717) is 17.9 Å². The molecule has 1 aliphatic carbocycles. The van der Waals surface area contributed by atoms with Gasteiger partial charge in [0.25, 0.3) is 0 Å². The number of nitrogens with zero attached hydrogens (tertiary/aromatic N) is 3. The summed E-state index contributed by atoms with van der Waals surface area (Å²) in [6, 6.07) is 2.82. The number of nitrogens with one attached hydrogen (secondary N) is 2. The van der Waals surface area contributed by atoms with Crippen LogP contribution in [0.1, 0.15) is 29.8 Å². The Kier molecular flexibility index (Phi) is 3.16. The molecular formula is C13H17N5O. The van der Waals surface area contributed by atoms with Crippen LogP contribution in [0.5, 0.6) is 11.9 Å². The monoisotopic (exact) mass is 259 g/mol. The summed E-state index contributed by atoms with van der Waals surface area (Å²) in [5.41, 5.74) is 2.99. The smallest absolute Gasteiger partial charge is 0.323 e. The van der Waals surface area contributed by atoms with Crippen molar-refractivity contribution in [3.63, 3.8) is 0 Å². The van der Waals surface area contributed by atoms with E-state index in [1.54, 1.807) is 6.07 Å². The quantitative estimate of drug-likeness (QED) is 0.857. The Morgan fingerprint density at radius 3 is 2.89 bits per heavy atom. The molecule has 1 aliphatic rings. The van der Waals surface area contributed by atoms with Crippen LogP contribution >= 0.6 is 0 Å². The fourth-order valence-corrected chi connectivity index (χ4v) is 1.77. The average Bonchev–Trinajstić information content (AvgIpc) is 3.12. The molecule has 6 heteroatoms. The lowest BCUT2D eigenvalue weighted by Crippen LogP contribution is -2.16. The lowest BCUT2D eigenvalue weighted by Gasteiger charge is -2.07. The molecule has 0 saturated heterocycles. The highest BCUT2D eigenvalue weighted by molar-refractivity contribution is 5.21. The normalized spacial score (nSPS) is 14.6. The maximum atomic E-state index is 5.49. The summed E-state index contributed by atoms with van der Waals surface area (Å²) < 4.78 is 5.49. The highest BCUT2D eigenvalue weighted by atomic mass is 16.5. The van der Waals surface area contributed by atoms with Crippen molar-refractivity contribution in [1.82, 2.24) is 25.5 Å². The summed E-state index contributed by atoms with van der Waals surface area (Å²) in [5, 5.41) is 10.3. The van der Waals surface area contributed by atoms with Gasteiger partial charge in [-0.15, -0.1) is 5.10 Å². The van der Waals surface area contributed by atoms with Gasteiger partial charge in [-0.25, -0.2) is 4.98 Å². The van der Waals surface area contributed by atoms with Gasteiger partial charge in [-0.05, 0) is 26.7 Å². The topological polar surface area (TPSA) is 75.7 Å². The molecule has 1 fully saturated rings. The van der Waals surface area contributed by atoms with Crippen LogP contribution in [-0.2, 0) is 6.54 Å². The zero-order valence-electron chi connectivity index (χ0n) is 11.1. The fraction of sp³-hybridized carbons (Fsp3) is 0.462. The Morgan fingerprint density at radius 2 is 2.26 bits per heavy atom. The molecule has 6 nitrogen and oxygen atoms in total. The molecule has 100 valence electrons. The molecule has 0 aliphatic heterocycles. The Hall–Kier alpha value is -1.95. The minimum absolute atomic E-state index is 0.333. The molecule has 0 bridgehead atoms. The van der Waals surface area contributed by atoms with Crippen LogP contribution in [-0.4, -0.2) is 26.2 Å². The van der Waals surface area contributed by atoms with Gasteiger partial charge in [0.1, 0.15) is 0 Å². The molecule has 2 N–H and O–H groups in total. The Balaban J connectivity index is 1.67. The molecule has 0 spiro atoms. The molecule has 0 atom stereocenters. The Morgan fingerprint density at radius 1 is 1.42 bits per heavy atom. The summed E-state index contributed by atoms with van der Waals surface area (Å²) in [4.78, 5) is 8.56. The van der Waals surface area contributed by atoms with Gasteiger partial charge in [0.15, 0.2) is 0 Å². The van der Waals surface area contributed by atoms with Crippen LogP contribution in [0, 0.1) is 13.8 Å². The minimum atomic E-state index is 0.333. The van der Waals surface area contributed by atoms with E-state index in [1.807, 2.05) is 20.0 Å². The SMILES string of the molecule is Cc1cc(Oc2ncc(CNC3CC3)c(C)n2)n[nH]1. The van der Waals surface area contributed by atoms with Crippen molar-refractivity contribution in [2.24, 2.45) is 0 Å². The number of hydrogen-bond acceptors (Lipinski definition) is 5. The predicted molar refractivity (Wildman–Crippen MR) is 70.0 cm³/mol. The van der Waals surface area contributed by atoms with Gasteiger partial charge in [0, 0.05) is 41.8 Å². The number of aromatic nitrogens is 4. The zero-order valence-corrected chi connectivity index (χ0v) is 11.1. The van der Waals surface area contributed by atoms with Crippen LogP contribution in [0.25, 0.3) is 0 Å². The molecular weight excluding hydrogens is 242 g/mol. The van der Waals surface area contributed by atoms with Gasteiger partial charge in [-0.3, -0.25) is 5.10 Å². The Labute approximate surface area is 111 Å². The van der Waals surface area contributed by atoms with E-state index in [4.69, 9.17) is 4.74 Å². The zero-order chi connectivity index (χ0) is 13.2. The van der Waals surface area contributed by atoms with Crippen LogP contribution in [0.2, 0.25) is 0 Å². The first-order valence-electron chi connectivity index (χ1n) is 6.46. The summed E-state index contributed by atoms with van der Waals surface area (Å²) in [6.45, 7) is 4.70. The van der Waals surface area contributed by atoms with E-state index in [-0.39, 0.29) is 0 Å². The number of aryl methyl sites for hydroxylation is 2. The molecule has 19 heavy (non-hydrogen) atoms. The number of rotatable bonds is 5. The summed E-state index contributed by atoms with van der Waals surface area (Å²) >= 11 is 0. The summed E-state index contributed by atoms with van der Waals surface area (Å²) in [6.07, 6.45) is 4.37. The number of H-pyrrole nitrogens is 1. The van der Waals surface area contributed by atoms with E-state index in [1.165, 1.54) is 12.8 Å². The minimum Gasteiger partial charge on any atom is -0.404 e. The fourth-order valence-electron chi connectivity index (χ4n) is 1.77. The van der Waals surface area contributed by atoms with E-state index in [2.05, 4.69) is 25.5 Å². The molecule has 2 aromatic rings. The van der Waals surface area contributed by atoms with E-state index < -0.39 is 0 Å². The lowest BCUT2D eigenvalue weighted by molar-refractivity contribution is 0.421. The highest BCUT2D eigenvalue weighted by Gasteiger charge is 2.20. The Bertz CT molecular complexity index is 576. The van der Waals surface area contributed by atoms with Crippen LogP contribution in [0.3, 0.4) is 0 Å². The largest absolute Gasteiger partial charge is 0.404 e. The van der Waals surface area contributed by atoms with Gasteiger partial charge < -0.3 is 10.1 Å². The van der Waals surface area contributed by atoms with Gasteiger partial charge in [0.2, 0.25) is 5.88 Å². The lowest BCUT2D eigenvalue weighted by atomic mass is 10.2. The third-order valence-corrected chi connectivity index (χ3v) is 3.10. The summed E-state index contributed by atoms with van der Waals surface area (Å²) in [5.74, 6) is 0.487. The van der Waals surface area contributed by atoms with Crippen molar-refractivity contribution in [3.05, 3.63) is 29.2 Å². The van der Waals surface area contributed by atoms with Gasteiger partial charge in [-0.2, -0.15) is 4.98 Å². The predicted octanol–water partition coefficient (Wildman–Crippen LogP) is 1.86. The maximum absolute atomic E-state index is 5.49. The first kappa shape index (κ1) is 12.1. The molecule has 0 amide bonds. The molecule has 0 radical (unpaired) electrons. The second-order valence-corrected chi connectivity index (χ2v) is 4.91. The van der Waals surface area contributed by atoms with Crippen molar-refractivity contribution in [2.75, 3.05) is 0 Å². The second-order valence-electron chi connectivity index (χ2n) is 4.91. The molecule has 0 aromatic carbocycles. The third-order valence-electron chi connectivity index (χ3n) is 3.10. The van der Waals surface area contributed by atoms with Crippen molar-refractivity contribution in [1.29, 1.82) is 0 Å². The molecule has 3 rings (SSSR count). The van der Waals surface area contributed by atoms with E-state index in [0.717, 1.165) is 23.5 Å². The third kappa shape index (κ3) is 3.08. The van der Waals surface area contributed by atoms with Crippen molar-refractivity contribution < 1.29 is 4.74 Å². The highest BCUT2D eigenvalue weighted by Crippen LogP contribution is 2.20. The summed E-state index contributed by atoms with van der Waals surface area (Å²) in [7, 11) is 0. The van der Waals surface area contributed by atoms with Crippen LogP contribution < -0.4 is 10.1 Å². The molecule has 0 unspecified atom stereocenters. The van der Waals surface area contributed by atoms with Crippen molar-refractivity contribution in [2.45, 2.75) is 39.3 Å². The van der Waals surface area contributed by atoms with Crippen molar-refractivity contribution in [3.8, 4) is 11.9 Å². The van der Waals surface area contributed by atoms with E-state index >= 15 is 0 Å². The number of aromatic amines is 1.